The minimum absolute atomic E-state index is 0.116. The molecule has 0 aliphatic carbocycles. The van der Waals surface area contributed by atoms with Crippen LogP contribution in [0, 0.1) is 0 Å². The lowest BCUT2D eigenvalue weighted by Crippen LogP contribution is -2.52. The average Bonchev–Trinajstić information content (AvgIpc) is 2.44. The Bertz CT molecular complexity index is 556. The zero-order valence-corrected chi connectivity index (χ0v) is 13.2. The zero-order valence-electron chi connectivity index (χ0n) is 12.4. The predicted octanol–water partition coefficient (Wildman–Crippen LogP) is 0.599. The largest absolute Gasteiger partial charge is 0.353 e. The van der Waals surface area contributed by atoms with E-state index in [0.717, 1.165) is 6.42 Å². The van der Waals surface area contributed by atoms with E-state index in [1.165, 1.54) is 12.1 Å². The summed E-state index contributed by atoms with van der Waals surface area (Å²) in [6.45, 7) is 3.93. The van der Waals surface area contributed by atoms with Gasteiger partial charge in [0.2, 0.25) is 15.9 Å². The molecule has 0 spiro atoms. The highest BCUT2D eigenvalue weighted by Crippen LogP contribution is 2.08. The third-order valence-corrected chi connectivity index (χ3v) is 4.52. The predicted molar refractivity (Wildman–Crippen MR) is 82.1 cm³/mol. The van der Waals surface area contributed by atoms with Gasteiger partial charge in [-0.1, -0.05) is 31.5 Å². The van der Waals surface area contributed by atoms with Crippen LogP contribution in [0.4, 0.5) is 0 Å². The van der Waals surface area contributed by atoms with Crippen molar-refractivity contribution in [2.75, 3.05) is 13.1 Å². The standard InChI is InChI=1S/C14H23N3O3S/c1-3-9-14(2,15)13(18)16-10-11-17-21(19,20)12-7-5-4-6-8-12/h4-8,17H,3,9-11,15H2,1-2H3,(H,16,18). The second-order valence-electron chi connectivity index (χ2n) is 5.13. The van der Waals surface area contributed by atoms with Gasteiger partial charge in [0.25, 0.3) is 0 Å². The van der Waals surface area contributed by atoms with Crippen molar-refractivity contribution in [2.45, 2.75) is 37.1 Å². The molecule has 1 rings (SSSR count). The minimum Gasteiger partial charge on any atom is -0.353 e. The van der Waals surface area contributed by atoms with Gasteiger partial charge >= 0.3 is 0 Å². The number of sulfonamides is 1. The van der Waals surface area contributed by atoms with E-state index in [1.807, 2.05) is 6.92 Å². The highest BCUT2D eigenvalue weighted by Gasteiger charge is 2.26. The molecule has 0 heterocycles. The summed E-state index contributed by atoms with van der Waals surface area (Å²) in [6.07, 6.45) is 1.38. The highest BCUT2D eigenvalue weighted by atomic mass is 32.2. The quantitative estimate of drug-likeness (QED) is 0.612. The Morgan fingerprint density at radius 3 is 2.43 bits per heavy atom. The van der Waals surface area contributed by atoms with Gasteiger partial charge in [-0.15, -0.1) is 0 Å². The normalized spacial score (nSPS) is 14.4. The number of carbonyl (C=O) groups excluding carboxylic acids is 1. The van der Waals surface area contributed by atoms with Crippen LogP contribution in [-0.2, 0) is 14.8 Å². The smallest absolute Gasteiger partial charge is 0.240 e. The van der Waals surface area contributed by atoms with Crippen molar-refractivity contribution in [2.24, 2.45) is 5.73 Å². The maximum Gasteiger partial charge on any atom is 0.240 e. The second-order valence-corrected chi connectivity index (χ2v) is 6.90. The fourth-order valence-electron chi connectivity index (χ4n) is 1.88. The molecule has 4 N–H and O–H groups in total. The van der Waals surface area contributed by atoms with E-state index in [0.29, 0.717) is 6.42 Å². The Morgan fingerprint density at radius 2 is 1.86 bits per heavy atom. The Hall–Kier alpha value is -1.44. The van der Waals surface area contributed by atoms with Crippen LogP contribution in [-0.4, -0.2) is 33.0 Å². The van der Waals surface area contributed by atoms with E-state index in [9.17, 15) is 13.2 Å². The molecule has 1 amide bonds. The zero-order chi connectivity index (χ0) is 15.9. The van der Waals surface area contributed by atoms with E-state index in [1.54, 1.807) is 25.1 Å². The first-order valence-corrected chi connectivity index (χ1v) is 8.40. The first-order valence-electron chi connectivity index (χ1n) is 6.91. The SMILES string of the molecule is CCCC(C)(N)C(=O)NCCNS(=O)(=O)c1ccccc1. The Labute approximate surface area is 126 Å². The summed E-state index contributed by atoms with van der Waals surface area (Å²) in [6, 6.07) is 8.08. The Balaban J connectivity index is 2.43. The topological polar surface area (TPSA) is 101 Å². The van der Waals surface area contributed by atoms with Crippen LogP contribution in [0.25, 0.3) is 0 Å². The van der Waals surface area contributed by atoms with Gasteiger partial charge in [0.05, 0.1) is 10.4 Å². The molecule has 1 aromatic rings. The van der Waals surface area contributed by atoms with E-state index >= 15 is 0 Å². The first-order chi connectivity index (χ1) is 9.79. The number of hydrogen-bond donors (Lipinski definition) is 3. The average molecular weight is 313 g/mol. The number of rotatable bonds is 8. The van der Waals surface area contributed by atoms with Crippen molar-refractivity contribution in [1.82, 2.24) is 10.0 Å². The fourth-order valence-corrected chi connectivity index (χ4v) is 2.93. The third-order valence-electron chi connectivity index (χ3n) is 3.04. The number of hydrogen-bond acceptors (Lipinski definition) is 4. The van der Waals surface area contributed by atoms with Crippen molar-refractivity contribution in [1.29, 1.82) is 0 Å². The van der Waals surface area contributed by atoms with Crippen molar-refractivity contribution < 1.29 is 13.2 Å². The van der Waals surface area contributed by atoms with Crippen molar-refractivity contribution >= 4 is 15.9 Å². The number of carbonyl (C=O) groups is 1. The number of nitrogens with two attached hydrogens (primary N) is 1. The molecule has 0 aliphatic heterocycles. The van der Waals surface area contributed by atoms with Crippen LogP contribution in [0.15, 0.2) is 35.2 Å². The molecule has 0 aromatic heterocycles. The van der Waals surface area contributed by atoms with Gasteiger partial charge in [0.1, 0.15) is 0 Å². The molecule has 0 saturated heterocycles. The van der Waals surface area contributed by atoms with Crippen LogP contribution in [0.1, 0.15) is 26.7 Å². The summed E-state index contributed by atoms with van der Waals surface area (Å²) in [4.78, 5) is 12.0. The van der Waals surface area contributed by atoms with Gasteiger partial charge in [0, 0.05) is 13.1 Å². The lowest BCUT2D eigenvalue weighted by Gasteiger charge is -2.22. The van der Waals surface area contributed by atoms with Crippen molar-refractivity contribution in [3.05, 3.63) is 30.3 Å². The van der Waals surface area contributed by atoms with E-state index in [4.69, 9.17) is 5.73 Å². The van der Waals surface area contributed by atoms with Crippen LogP contribution in [0.2, 0.25) is 0 Å². The summed E-state index contributed by atoms with van der Waals surface area (Å²) < 4.78 is 26.3. The molecule has 1 aromatic carbocycles. The summed E-state index contributed by atoms with van der Waals surface area (Å²) in [5, 5.41) is 2.64. The summed E-state index contributed by atoms with van der Waals surface area (Å²) in [5.74, 6) is -0.275. The maximum atomic E-state index is 11.9. The van der Waals surface area contributed by atoms with Crippen molar-refractivity contribution in [3.8, 4) is 0 Å². The number of amides is 1. The van der Waals surface area contributed by atoms with Gasteiger partial charge in [-0.2, -0.15) is 0 Å². The van der Waals surface area contributed by atoms with Crippen LogP contribution in [0.5, 0.6) is 0 Å². The molecule has 0 fully saturated rings. The minimum atomic E-state index is -3.54. The Kier molecular flexibility index (Phi) is 6.32. The molecule has 0 bridgehead atoms. The molecular weight excluding hydrogens is 290 g/mol. The molecule has 7 heteroatoms. The number of nitrogens with one attached hydrogen (secondary N) is 2. The molecule has 118 valence electrons. The van der Waals surface area contributed by atoms with Gasteiger partial charge in [0.15, 0.2) is 0 Å². The molecule has 1 unspecified atom stereocenters. The van der Waals surface area contributed by atoms with Gasteiger partial charge in [-0.05, 0) is 25.5 Å². The number of benzene rings is 1. The van der Waals surface area contributed by atoms with Crippen molar-refractivity contribution in [3.63, 3.8) is 0 Å². The van der Waals surface area contributed by atoms with Gasteiger partial charge < -0.3 is 11.1 Å². The summed E-state index contributed by atoms with van der Waals surface area (Å²) >= 11 is 0. The summed E-state index contributed by atoms with van der Waals surface area (Å²) in [7, 11) is -3.54. The molecule has 1 atom stereocenters. The van der Waals surface area contributed by atoms with Gasteiger partial charge in [-0.3, -0.25) is 4.79 Å². The Morgan fingerprint density at radius 1 is 1.24 bits per heavy atom. The lowest BCUT2D eigenvalue weighted by atomic mass is 9.97. The van der Waals surface area contributed by atoms with E-state index in [-0.39, 0.29) is 23.9 Å². The van der Waals surface area contributed by atoms with Crippen LogP contribution in [0.3, 0.4) is 0 Å². The fraction of sp³-hybridized carbons (Fsp3) is 0.500. The molecular formula is C14H23N3O3S. The van der Waals surface area contributed by atoms with E-state index in [2.05, 4.69) is 10.0 Å². The molecule has 0 saturated carbocycles. The second kappa shape index (κ2) is 7.53. The van der Waals surface area contributed by atoms with E-state index < -0.39 is 15.6 Å². The monoisotopic (exact) mass is 313 g/mol. The molecule has 21 heavy (non-hydrogen) atoms. The highest BCUT2D eigenvalue weighted by molar-refractivity contribution is 7.89. The van der Waals surface area contributed by atoms with Gasteiger partial charge in [-0.25, -0.2) is 13.1 Å². The first kappa shape index (κ1) is 17.6. The lowest BCUT2D eigenvalue weighted by molar-refractivity contribution is -0.126. The van der Waals surface area contributed by atoms with Crippen LogP contribution >= 0.6 is 0 Å². The summed E-state index contributed by atoms with van der Waals surface area (Å²) in [5.41, 5.74) is 4.96. The molecule has 0 radical (unpaired) electrons. The molecule has 0 aliphatic rings. The molecule has 6 nitrogen and oxygen atoms in total. The van der Waals surface area contributed by atoms with Crippen LogP contribution < -0.4 is 15.8 Å². The maximum absolute atomic E-state index is 11.9. The third kappa shape index (κ3) is 5.45.